The smallest absolute Gasteiger partial charge is 0.164 e. The molecule has 1 aromatic heterocycles. The van der Waals surface area contributed by atoms with Gasteiger partial charge in [-0.3, -0.25) is 4.98 Å². The minimum absolute atomic E-state index is 0.263. The van der Waals surface area contributed by atoms with Crippen LogP contribution in [0.1, 0.15) is 22.9 Å². The average molecular weight is 248 g/mol. The van der Waals surface area contributed by atoms with Gasteiger partial charge >= 0.3 is 0 Å². The zero-order chi connectivity index (χ0) is 13.1. The predicted molar refractivity (Wildman–Crippen MR) is 66.2 cm³/mol. The van der Waals surface area contributed by atoms with Gasteiger partial charge in [-0.2, -0.15) is 0 Å². The van der Waals surface area contributed by atoms with Gasteiger partial charge in [0.1, 0.15) is 0 Å². The highest BCUT2D eigenvalue weighted by atomic mass is 19.2. The van der Waals surface area contributed by atoms with E-state index in [0.29, 0.717) is 11.3 Å². The van der Waals surface area contributed by atoms with Gasteiger partial charge in [0, 0.05) is 11.8 Å². The number of nitrogens with zero attached hydrogens (tertiary/aromatic N) is 1. The normalized spacial score (nSPS) is 12.4. The van der Waals surface area contributed by atoms with Crippen molar-refractivity contribution in [1.82, 2.24) is 10.3 Å². The summed E-state index contributed by atoms with van der Waals surface area (Å²) in [5.41, 5.74) is 1.22. The van der Waals surface area contributed by atoms with Crippen molar-refractivity contribution in [3.05, 3.63) is 65.0 Å². The molecular weight excluding hydrogens is 234 g/mol. The number of aryl methyl sites for hydroxylation is 1. The Morgan fingerprint density at radius 2 is 1.89 bits per heavy atom. The minimum Gasteiger partial charge on any atom is -0.308 e. The molecule has 4 heteroatoms. The molecule has 0 aliphatic rings. The van der Waals surface area contributed by atoms with E-state index >= 15 is 0 Å². The van der Waals surface area contributed by atoms with Crippen molar-refractivity contribution in [3.63, 3.8) is 0 Å². The summed E-state index contributed by atoms with van der Waals surface area (Å²) < 4.78 is 27.5. The van der Waals surface area contributed by atoms with Crippen LogP contribution in [0.15, 0.2) is 36.5 Å². The summed E-state index contributed by atoms with van der Waals surface area (Å²) >= 11 is 0. The van der Waals surface area contributed by atoms with E-state index in [1.165, 1.54) is 6.92 Å². The van der Waals surface area contributed by atoms with Crippen LogP contribution in [0.5, 0.6) is 0 Å². The lowest BCUT2D eigenvalue weighted by Gasteiger charge is -2.17. The van der Waals surface area contributed by atoms with Crippen molar-refractivity contribution in [2.45, 2.75) is 13.0 Å². The van der Waals surface area contributed by atoms with Crippen molar-refractivity contribution >= 4 is 0 Å². The number of pyridine rings is 1. The molecule has 2 aromatic rings. The monoisotopic (exact) mass is 248 g/mol. The molecule has 1 heterocycles. The fourth-order valence-electron chi connectivity index (χ4n) is 1.89. The van der Waals surface area contributed by atoms with E-state index < -0.39 is 17.7 Å². The van der Waals surface area contributed by atoms with Crippen molar-refractivity contribution in [1.29, 1.82) is 0 Å². The molecule has 0 spiro atoms. The van der Waals surface area contributed by atoms with Crippen molar-refractivity contribution < 1.29 is 8.78 Å². The van der Waals surface area contributed by atoms with E-state index in [0.717, 1.165) is 0 Å². The molecule has 2 rings (SSSR count). The summed E-state index contributed by atoms with van der Waals surface area (Å²) in [4.78, 5) is 4.17. The Balaban J connectivity index is 2.50. The Kier molecular flexibility index (Phi) is 3.67. The third-order valence-electron chi connectivity index (χ3n) is 2.89. The van der Waals surface area contributed by atoms with Gasteiger partial charge in [-0.15, -0.1) is 0 Å². The minimum atomic E-state index is -0.819. The molecule has 18 heavy (non-hydrogen) atoms. The summed E-state index contributed by atoms with van der Waals surface area (Å²) in [6.07, 6.45) is 1.63. The largest absolute Gasteiger partial charge is 0.308 e. The first kappa shape index (κ1) is 12.6. The summed E-state index contributed by atoms with van der Waals surface area (Å²) in [7, 11) is 1.69. The van der Waals surface area contributed by atoms with Crippen LogP contribution in [0, 0.1) is 18.6 Å². The van der Waals surface area contributed by atoms with E-state index in [2.05, 4.69) is 10.3 Å². The molecule has 2 nitrogen and oxygen atoms in total. The number of halogens is 2. The summed E-state index contributed by atoms with van der Waals surface area (Å²) in [5.74, 6) is -1.62. The topological polar surface area (TPSA) is 24.9 Å². The quantitative estimate of drug-likeness (QED) is 0.903. The highest BCUT2D eigenvalue weighted by molar-refractivity contribution is 5.32. The predicted octanol–water partition coefficient (Wildman–Crippen LogP) is 2.98. The van der Waals surface area contributed by atoms with E-state index in [4.69, 9.17) is 0 Å². The van der Waals surface area contributed by atoms with Gasteiger partial charge in [-0.25, -0.2) is 8.78 Å². The highest BCUT2D eigenvalue weighted by Gasteiger charge is 2.20. The summed E-state index contributed by atoms with van der Waals surface area (Å²) in [5, 5.41) is 2.95. The molecule has 1 N–H and O–H groups in total. The Labute approximate surface area is 105 Å². The second-order valence-corrected chi connectivity index (χ2v) is 4.08. The maximum Gasteiger partial charge on any atom is 0.164 e. The first-order valence-corrected chi connectivity index (χ1v) is 5.68. The van der Waals surface area contributed by atoms with Crippen LogP contribution in [-0.2, 0) is 0 Å². The van der Waals surface area contributed by atoms with Crippen LogP contribution in [0.4, 0.5) is 8.78 Å². The summed E-state index contributed by atoms with van der Waals surface area (Å²) in [6.45, 7) is 1.54. The molecule has 0 fully saturated rings. The van der Waals surface area contributed by atoms with Crippen LogP contribution in [0.25, 0.3) is 0 Å². The Hall–Kier alpha value is -1.81. The van der Waals surface area contributed by atoms with Crippen molar-refractivity contribution in [2.75, 3.05) is 7.05 Å². The molecule has 1 unspecified atom stereocenters. The van der Waals surface area contributed by atoms with E-state index in [9.17, 15) is 8.78 Å². The van der Waals surface area contributed by atoms with Crippen LogP contribution in [0.3, 0.4) is 0 Å². The molecule has 0 amide bonds. The molecule has 0 aliphatic heterocycles. The zero-order valence-electron chi connectivity index (χ0n) is 10.2. The number of hydrogen-bond donors (Lipinski definition) is 1. The highest BCUT2D eigenvalue weighted by Crippen LogP contribution is 2.25. The van der Waals surface area contributed by atoms with Crippen LogP contribution in [-0.4, -0.2) is 12.0 Å². The molecule has 94 valence electrons. The Morgan fingerprint density at radius 1 is 1.11 bits per heavy atom. The second kappa shape index (κ2) is 5.23. The van der Waals surface area contributed by atoms with E-state index in [-0.39, 0.29) is 5.56 Å². The number of rotatable bonds is 3. The molecule has 1 atom stereocenters. The zero-order valence-corrected chi connectivity index (χ0v) is 10.2. The Morgan fingerprint density at radius 3 is 2.50 bits per heavy atom. The standard InChI is InChI=1S/C14H14F2N2/c1-9-6-7-10(13(16)12(9)15)14(17-2)11-5-3-4-8-18-11/h3-8,14,17H,1-2H3. The first-order valence-electron chi connectivity index (χ1n) is 5.68. The van der Waals surface area contributed by atoms with Crippen LogP contribution >= 0.6 is 0 Å². The van der Waals surface area contributed by atoms with E-state index in [1.54, 1.807) is 37.5 Å². The van der Waals surface area contributed by atoms with Crippen LogP contribution in [0.2, 0.25) is 0 Å². The lowest BCUT2D eigenvalue weighted by molar-refractivity contribution is 0.481. The third kappa shape index (κ3) is 2.24. The van der Waals surface area contributed by atoms with Gasteiger partial charge in [0.25, 0.3) is 0 Å². The Bertz CT molecular complexity index is 541. The molecule has 0 saturated carbocycles. The van der Waals surface area contributed by atoms with Gasteiger partial charge < -0.3 is 5.32 Å². The van der Waals surface area contributed by atoms with Crippen molar-refractivity contribution in [2.24, 2.45) is 0 Å². The van der Waals surface area contributed by atoms with Gasteiger partial charge in [-0.1, -0.05) is 18.2 Å². The maximum atomic E-state index is 13.9. The molecule has 0 saturated heterocycles. The number of nitrogens with one attached hydrogen (secondary N) is 1. The van der Waals surface area contributed by atoms with Gasteiger partial charge in [-0.05, 0) is 31.7 Å². The first-order chi connectivity index (χ1) is 8.65. The molecule has 0 bridgehead atoms. The molecule has 1 aromatic carbocycles. The SMILES string of the molecule is CNC(c1ccccn1)c1ccc(C)c(F)c1F. The fourth-order valence-corrected chi connectivity index (χ4v) is 1.89. The number of aromatic nitrogens is 1. The number of hydrogen-bond acceptors (Lipinski definition) is 2. The molecule has 0 aliphatic carbocycles. The van der Waals surface area contributed by atoms with Gasteiger partial charge in [0.2, 0.25) is 0 Å². The average Bonchev–Trinajstić information content (AvgIpc) is 2.41. The van der Waals surface area contributed by atoms with Crippen molar-refractivity contribution in [3.8, 4) is 0 Å². The molecular formula is C14H14F2N2. The lowest BCUT2D eigenvalue weighted by Crippen LogP contribution is -2.20. The second-order valence-electron chi connectivity index (χ2n) is 4.08. The fraction of sp³-hybridized carbons (Fsp3) is 0.214. The van der Waals surface area contributed by atoms with Crippen LogP contribution < -0.4 is 5.32 Å². The van der Waals surface area contributed by atoms with E-state index in [1.807, 2.05) is 6.07 Å². The van der Waals surface area contributed by atoms with Gasteiger partial charge in [0.05, 0.1) is 11.7 Å². The maximum absolute atomic E-state index is 13.9. The third-order valence-corrected chi connectivity index (χ3v) is 2.89. The van der Waals surface area contributed by atoms with Gasteiger partial charge in [0.15, 0.2) is 11.6 Å². The molecule has 0 radical (unpaired) electrons. The number of benzene rings is 1. The summed E-state index contributed by atoms with van der Waals surface area (Å²) in [6, 6.07) is 8.07. The lowest BCUT2D eigenvalue weighted by atomic mass is 10.0.